The molecule has 0 saturated carbocycles. The molecule has 3 aromatic rings. The number of amides is 2. The molecule has 0 aromatic heterocycles. The van der Waals surface area contributed by atoms with E-state index in [2.05, 4.69) is 34.5 Å². The van der Waals surface area contributed by atoms with Crippen LogP contribution in [0.5, 0.6) is 0 Å². The van der Waals surface area contributed by atoms with E-state index in [-0.39, 0.29) is 17.9 Å². The topological polar surface area (TPSA) is 35.6 Å². The fraction of sp³-hybridized carbons (Fsp3) is 0.269. The first-order chi connectivity index (χ1) is 15.2. The average Bonchev–Trinajstić information content (AvgIpc) is 2.82. The van der Waals surface area contributed by atoms with Crippen LogP contribution in [-0.4, -0.2) is 36.6 Å². The van der Waals surface area contributed by atoms with E-state index in [4.69, 9.17) is 0 Å². The Kier molecular flexibility index (Phi) is 6.95. The molecule has 4 rings (SSSR count). The Balaban J connectivity index is 1.40. The smallest absolute Gasteiger partial charge is 0.308 e. The Bertz CT molecular complexity index is 955. The van der Waals surface area contributed by atoms with Gasteiger partial charge in [0.15, 0.2) is 0 Å². The highest BCUT2D eigenvalue weighted by molar-refractivity contribution is 6.02. The minimum Gasteiger partial charge on any atom is -0.308 e. The van der Waals surface area contributed by atoms with Crippen molar-refractivity contribution in [3.63, 3.8) is 0 Å². The van der Waals surface area contributed by atoms with Crippen LogP contribution in [0.2, 0.25) is 0 Å². The summed E-state index contributed by atoms with van der Waals surface area (Å²) in [6.07, 6.45) is 2.88. The van der Waals surface area contributed by atoms with Crippen LogP contribution in [-0.2, 0) is 6.42 Å². The largest absolute Gasteiger partial charge is 0.326 e. The van der Waals surface area contributed by atoms with E-state index < -0.39 is 0 Å². The molecule has 1 aliphatic rings. The third-order valence-corrected chi connectivity index (χ3v) is 5.83. The van der Waals surface area contributed by atoms with Crippen molar-refractivity contribution in [3.05, 3.63) is 96.3 Å². The lowest BCUT2D eigenvalue weighted by Crippen LogP contribution is -2.49. The Hall–Kier alpha value is -3.18. The maximum atomic E-state index is 13.2. The van der Waals surface area contributed by atoms with Crippen molar-refractivity contribution in [2.24, 2.45) is 0 Å². The molecular formula is C26H28FN3O. The molecular weight excluding hydrogens is 389 g/mol. The van der Waals surface area contributed by atoms with Crippen molar-refractivity contribution in [1.29, 1.82) is 0 Å². The van der Waals surface area contributed by atoms with Gasteiger partial charge in [-0.2, -0.15) is 0 Å². The molecule has 0 spiro atoms. The molecule has 160 valence electrons. The second-order valence-corrected chi connectivity index (χ2v) is 7.95. The standard InChI is InChI=1S/C26H28FN3O/c27-22-11-13-23(14-12-22)28-26(31)30(24-9-5-2-6-10-24)25-16-19-29(20-17-25)18-15-21-7-3-1-4-8-21/h1-14,25H,15-20H2,(H,28,31). The van der Waals surface area contributed by atoms with Gasteiger partial charge in [0.05, 0.1) is 0 Å². The van der Waals surface area contributed by atoms with Crippen molar-refractivity contribution >= 4 is 17.4 Å². The number of benzene rings is 3. The van der Waals surface area contributed by atoms with Gasteiger partial charge in [0.1, 0.15) is 5.82 Å². The normalized spacial score (nSPS) is 14.9. The number of carbonyl (C=O) groups excluding carboxylic acids is 1. The van der Waals surface area contributed by atoms with Gasteiger partial charge in [-0.15, -0.1) is 0 Å². The molecule has 1 saturated heterocycles. The summed E-state index contributed by atoms with van der Waals surface area (Å²) in [5.74, 6) is -0.319. The Morgan fingerprint density at radius 1 is 0.903 bits per heavy atom. The van der Waals surface area contributed by atoms with Crippen LogP contribution in [0.1, 0.15) is 18.4 Å². The summed E-state index contributed by atoms with van der Waals surface area (Å²) < 4.78 is 13.2. The van der Waals surface area contributed by atoms with Crippen molar-refractivity contribution in [2.45, 2.75) is 25.3 Å². The van der Waals surface area contributed by atoms with Crippen LogP contribution >= 0.6 is 0 Å². The summed E-state index contributed by atoms with van der Waals surface area (Å²) in [5.41, 5.74) is 2.83. The van der Waals surface area contributed by atoms with E-state index in [1.807, 2.05) is 41.3 Å². The Morgan fingerprint density at radius 2 is 1.52 bits per heavy atom. The van der Waals surface area contributed by atoms with Gasteiger partial charge < -0.3 is 10.2 Å². The first-order valence-corrected chi connectivity index (χ1v) is 10.9. The Labute approximate surface area is 183 Å². The van der Waals surface area contributed by atoms with Crippen LogP contribution in [0, 0.1) is 5.82 Å². The molecule has 4 nitrogen and oxygen atoms in total. The maximum absolute atomic E-state index is 13.2. The summed E-state index contributed by atoms with van der Waals surface area (Å²) in [5, 5.41) is 2.93. The van der Waals surface area contributed by atoms with Gasteiger partial charge in [0.2, 0.25) is 0 Å². The van der Waals surface area contributed by atoms with Crippen LogP contribution in [0.4, 0.5) is 20.6 Å². The van der Waals surface area contributed by atoms with Crippen molar-refractivity contribution in [1.82, 2.24) is 4.90 Å². The van der Waals surface area contributed by atoms with E-state index in [0.29, 0.717) is 5.69 Å². The highest BCUT2D eigenvalue weighted by atomic mass is 19.1. The lowest BCUT2D eigenvalue weighted by molar-refractivity contribution is 0.208. The minimum atomic E-state index is -0.319. The van der Waals surface area contributed by atoms with Gasteiger partial charge in [-0.3, -0.25) is 4.90 Å². The van der Waals surface area contributed by atoms with Gasteiger partial charge >= 0.3 is 6.03 Å². The number of para-hydroxylation sites is 1. The minimum absolute atomic E-state index is 0.121. The fourth-order valence-corrected chi connectivity index (χ4v) is 4.13. The molecule has 5 heteroatoms. The number of rotatable bonds is 6. The first-order valence-electron chi connectivity index (χ1n) is 10.9. The van der Waals surface area contributed by atoms with E-state index in [1.54, 1.807) is 12.1 Å². The molecule has 1 N–H and O–H groups in total. The number of piperidine rings is 1. The number of hydrogen-bond donors (Lipinski definition) is 1. The summed E-state index contributed by atoms with van der Waals surface area (Å²) in [7, 11) is 0. The van der Waals surface area contributed by atoms with Gasteiger partial charge in [-0.1, -0.05) is 48.5 Å². The molecule has 1 aliphatic heterocycles. The summed E-state index contributed by atoms with van der Waals surface area (Å²) in [6.45, 7) is 2.96. The number of urea groups is 1. The van der Waals surface area contributed by atoms with Gasteiger partial charge in [0, 0.05) is 37.1 Å². The van der Waals surface area contributed by atoms with Crippen LogP contribution in [0.15, 0.2) is 84.9 Å². The molecule has 1 fully saturated rings. The zero-order chi connectivity index (χ0) is 21.5. The molecule has 0 bridgehead atoms. The van der Waals surface area contributed by atoms with Crippen LogP contribution in [0.3, 0.4) is 0 Å². The predicted molar refractivity (Wildman–Crippen MR) is 124 cm³/mol. The summed E-state index contributed by atoms with van der Waals surface area (Å²) in [6, 6.07) is 26.1. The number of likely N-dealkylation sites (tertiary alicyclic amines) is 1. The predicted octanol–water partition coefficient (Wildman–Crippen LogP) is 5.57. The molecule has 0 atom stereocenters. The van der Waals surface area contributed by atoms with Crippen molar-refractivity contribution < 1.29 is 9.18 Å². The van der Waals surface area contributed by atoms with E-state index in [0.717, 1.165) is 44.6 Å². The number of carbonyl (C=O) groups is 1. The second-order valence-electron chi connectivity index (χ2n) is 7.95. The van der Waals surface area contributed by atoms with E-state index in [9.17, 15) is 9.18 Å². The highest BCUT2D eigenvalue weighted by Crippen LogP contribution is 2.25. The summed E-state index contributed by atoms with van der Waals surface area (Å²) in [4.78, 5) is 17.5. The third-order valence-electron chi connectivity index (χ3n) is 5.83. The van der Waals surface area contributed by atoms with Gasteiger partial charge in [-0.25, -0.2) is 9.18 Å². The monoisotopic (exact) mass is 417 g/mol. The van der Waals surface area contributed by atoms with Gasteiger partial charge in [-0.05, 0) is 61.2 Å². The van der Waals surface area contributed by atoms with E-state index >= 15 is 0 Å². The quantitative estimate of drug-likeness (QED) is 0.569. The SMILES string of the molecule is O=C(Nc1ccc(F)cc1)N(c1ccccc1)C1CCN(CCc2ccccc2)CC1. The van der Waals surface area contributed by atoms with E-state index in [1.165, 1.54) is 17.7 Å². The van der Waals surface area contributed by atoms with Crippen LogP contribution in [0.25, 0.3) is 0 Å². The lowest BCUT2D eigenvalue weighted by Gasteiger charge is -2.38. The maximum Gasteiger partial charge on any atom is 0.326 e. The first kappa shape index (κ1) is 21.1. The number of nitrogens with one attached hydrogen (secondary N) is 1. The number of anilines is 2. The molecule has 1 heterocycles. The zero-order valence-electron chi connectivity index (χ0n) is 17.6. The molecule has 31 heavy (non-hydrogen) atoms. The van der Waals surface area contributed by atoms with Crippen molar-refractivity contribution in [3.8, 4) is 0 Å². The fourth-order valence-electron chi connectivity index (χ4n) is 4.13. The molecule has 0 radical (unpaired) electrons. The summed E-state index contributed by atoms with van der Waals surface area (Å²) >= 11 is 0. The second kappa shape index (κ2) is 10.2. The molecule has 3 aromatic carbocycles. The number of hydrogen-bond acceptors (Lipinski definition) is 2. The number of nitrogens with zero attached hydrogens (tertiary/aromatic N) is 2. The molecule has 2 amide bonds. The molecule has 0 aliphatic carbocycles. The number of halogens is 1. The van der Waals surface area contributed by atoms with Crippen LogP contribution < -0.4 is 10.2 Å². The molecule has 0 unspecified atom stereocenters. The van der Waals surface area contributed by atoms with Gasteiger partial charge in [0.25, 0.3) is 0 Å². The zero-order valence-corrected chi connectivity index (χ0v) is 17.6. The Morgan fingerprint density at radius 3 is 2.16 bits per heavy atom. The van der Waals surface area contributed by atoms with Crippen molar-refractivity contribution in [2.75, 3.05) is 29.9 Å². The lowest BCUT2D eigenvalue weighted by atomic mass is 10.0. The third kappa shape index (κ3) is 5.70. The highest BCUT2D eigenvalue weighted by Gasteiger charge is 2.29. The average molecular weight is 418 g/mol.